The van der Waals surface area contributed by atoms with Crippen LogP contribution in [0.5, 0.6) is 0 Å². The molecular formula is C20H18F3NO3. The monoisotopic (exact) mass is 377 g/mol. The predicted octanol–water partition coefficient (Wildman–Crippen LogP) is 4.01. The molecule has 7 heteroatoms. The van der Waals surface area contributed by atoms with Crippen molar-refractivity contribution in [2.45, 2.75) is 31.5 Å². The number of amides is 1. The number of carbonyl (C=O) groups is 2. The van der Waals surface area contributed by atoms with Crippen LogP contribution >= 0.6 is 0 Å². The average molecular weight is 377 g/mol. The number of nitrogens with zero attached hydrogens (tertiary/aromatic N) is 1. The molecule has 2 aromatic carbocycles. The number of carbonyl (C=O) groups excluding carboxylic acids is 1. The van der Waals surface area contributed by atoms with E-state index in [1.54, 1.807) is 12.1 Å². The molecule has 1 heterocycles. The van der Waals surface area contributed by atoms with Crippen LogP contribution in [0.1, 0.15) is 39.5 Å². The molecule has 0 aliphatic carbocycles. The molecule has 1 aliphatic heterocycles. The molecule has 0 spiro atoms. The van der Waals surface area contributed by atoms with E-state index in [2.05, 4.69) is 0 Å². The molecule has 142 valence electrons. The zero-order valence-electron chi connectivity index (χ0n) is 14.4. The molecule has 0 radical (unpaired) electrons. The molecule has 0 fully saturated rings. The second-order valence-electron chi connectivity index (χ2n) is 6.50. The van der Waals surface area contributed by atoms with E-state index >= 15 is 0 Å². The quantitative estimate of drug-likeness (QED) is 0.876. The maximum absolute atomic E-state index is 12.8. The van der Waals surface area contributed by atoms with Gasteiger partial charge in [-0.3, -0.25) is 4.79 Å². The van der Waals surface area contributed by atoms with Crippen molar-refractivity contribution in [2.24, 2.45) is 0 Å². The lowest BCUT2D eigenvalue weighted by atomic mass is 9.92. The number of benzene rings is 2. The number of halogens is 3. The Morgan fingerprint density at radius 2 is 1.74 bits per heavy atom. The van der Waals surface area contributed by atoms with E-state index in [0.717, 1.165) is 5.56 Å². The van der Waals surface area contributed by atoms with Crippen molar-refractivity contribution in [2.75, 3.05) is 6.54 Å². The Hall–Kier alpha value is -2.83. The van der Waals surface area contributed by atoms with Crippen molar-refractivity contribution in [3.63, 3.8) is 0 Å². The number of aliphatic carboxylic acids is 1. The Kier molecular flexibility index (Phi) is 5.21. The molecule has 0 saturated carbocycles. The van der Waals surface area contributed by atoms with Crippen LogP contribution in [0, 0.1) is 0 Å². The molecular weight excluding hydrogens is 359 g/mol. The number of hydrogen-bond donors (Lipinski definition) is 1. The van der Waals surface area contributed by atoms with Gasteiger partial charge in [-0.1, -0.05) is 36.4 Å². The van der Waals surface area contributed by atoms with Crippen molar-refractivity contribution in [3.8, 4) is 0 Å². The fourth-order valence-electron chi connectivity index (χ4n) is 3.32. The van der Waals surface area contributed by atoms with E-state index in [4.69, 9.17) is 0 Å². The Labute approximate surface area is 154 Å². The summed E-state index contributed by atoms with van der Waals surface area (Å²) in [5, 5.41) is 9.64. The topological polar surface area (TPSA) is 57.6 Å². The maximum atomic E-state index is 12.8. The molecule has 1 aliphatic rings. The number of alkyl halides is 3. The van der Waals surface area contributed by atoms with E-state index in [1.807, 2.05) is 12.1 Å². The third-order valence-corrected chi connectivity index (χ3v) is 4.68. The van der Waals surface area contributed by atoms with Crippen LogP contribution in [-0.2, 0) is 17.6 Å². The third kappa shape index (κ3) is 4.30. The van der Waals surface area contributed by atoms with Gasteiger partial charge in [0.15, 0.2) is 6.04 Å². The van der Waals surface area contributed by atoms with Crippen molar-refractivity contribution in [3.05, 3.63) is 70.8 Å². The minimum absolute atomic E-state index is 0.160. The maximum Gasteiger partial charge on any atom is 0.389 e. The molecule has 1 N–H and O–H groups in total. The lowest BCUT2D eigenvalue weighted by Crippen LogP contribution is -2.43. The van der Waals surface area contributed by atoms with Crippen LogP contribution < -0.4 is 0 Å². The van der Waals surface area contributed by atoms with Gasteiger partial charge in [0.25, 0.3) is 5.91 Å². The first-order chi connectivity index (χ1) is 12.8. The molecule has 1 amide bonds. The van der Waals surface area contributed by atoms with Gasteiger partial charge in [0.05, 0.1) is 0 Å². The van der Waals surface area contributed by atoms with Gasteiger partial charge in [-0.25, -0.2) is 4.79 Å². The molecule has 1 unspecified atom stereocenters. The highest BCUT2D eigenvalue weighted by Gasteiger charge is 2.36. The largest absolute Gasteiger partial charge is 0.479 e. The second kappa shape index (κ2) is 7.42. The average Bonchev–Trinajstić information content (AvgIpc) is 2.64. The normalized spacial score (nSPS) is 16.7. The molecule has 2 aromatic rings. The van der Waals surface area contributed by atoms with Crippen molar-refractivity contribution in [1.29, 1.82) is 0 Å². The lowest BCUT2D eigenvalue weighted by Gasteiger charge is -2.34. The Morgan fingerprint density at radius 1 is 1.07 bits per heavy atom. The van der Waals surface area contributed by atoms with E-state index in [-0.39, 0.29) is 18.5 Å². The lowest BCUT2D eigenvalue weighted by molar-refractivity contribution is -0.143. The summed E-state index contributed by atoms with van der Waals surface area (Å²) in [5.41, 5.74) is 2.22. The van der Waals surface area contributed by atoms with Crippen LogP contribution in [0.2, 0.25) is 0 Å². The number of rotatable bonds is 4. The van der Waals surface area contributed by atoms with Crippen LogP contribution in [0.15, 0.2) is 48.5 Å². The van der Waals surface area contributed by atoms with Crippen LogP contribution in [-0.4, -0.2) is 34.6 Å². The van der Waals surface area contributed by atoms with Gasteiger partial charge in [0, 0.05) is 18.5 Å². The molecule has 3 rings (SSSR count). The number of hydrogen-bond acceptors (Lipinski definition) is 2. The summed E-state index contributed by atoms with van der Waals surface area (Å²) in [6, 6.07) is 11.9. The minimum atomic E-state index is -4.23. The Balaban J connectivity index is 1.80. The zero-order chi connectivity index (χ0) is 19.6. The van der Waals surface area contributed by atoms with Gasteiger partial charge in [-0.15, -0.1) is 0 Å². The highest BCUT2D eigenvalue weighted by molar-refractivity contribution is 5.97. The van der Waals surface area contributed by atoms with Crippen molar-refractivity contribution >= 4 is 11.9 Å². The first kappa shape index (κ1) is 18.9. The number of carboxylic acid groups (broad SMARTS) is 1. The SMILES string of the molecule is O=C(O)C1c2ccccc2CCN1C(=O)c1ccc(CCC(F)(F)F)cc1. The molecule has 0 bridgehead atoms. The van der Waals surface area contributed by atoms with E-state index in [1.165, 1.54) is 29.2 Å². The predicted molar refractivity (Wildman–Crippen MR) is 92.4 cm³/mol. The standard InChI is InChI=1S/C20H18F3NO3/c21-20(22,23)11-9-13-5-7-15(8-6-13)18(25)24-12-10-14-3-1-2-4-16(14)17(24)19(26)27/h1-8,17H,9-12H2,(H,26,27). The summed E-state index contributed by atoms with van der Waals surface area (Å²) < 4.78 is 36.9. The van der Waals surface area contributed by atoms with Gasteiger partial charge in [0.2, 0.25) is 0 Å². The van der Waals surface area contributed by atoms with E-state index in [0.29, 0.717) is 17.5 Å². The molecule has 0 aromatic heterocycles. The first-order valence-corrected chi connectivity index (χ1v) is 8.53. The van der Waals surface area contributed by atoms with Gasteiger partial charge in [-0.2, -0.15) is 13.2 Å². The third-order valence-electron chi connectivity index (χ3n) is 4.68. The molecule has 1 atom stereocenters. The fraction of sp³-hybridized carbons (Fsp3) is 0.300. The smallest absolute Gasteiger partial charge is 0.389 e. The highest BCUT2D eigenvalue weighted by atomic mass is 19.4. The summed E-state index contributed by atoms with van der Waals surface area (Å²) in [5.74, 6) is -1.56. The summed E-state index contributed by atoms with van der Waals surface area (Å²) in [6.45, 7) is 0.267. The number of aryl methyl sites for hydroxylation is 1. The Bertz CT molecular complexity index is 846. The van der Waals surface area contributed by atoms with Gasteiger partial charge in [-0.05, 0) is 41.7 Å². The fourth-order valence-corrected chi connectivity index (χ4v) is 3.32. The second-order valence-corrected chi connectivity index (χ2v) is 6.50. The van der Waals surface area contributed by atoms with Crippen molar-refractivity contribution in [1.82, 2.24) is 4.90 Å². The van der Waals surface area contributed by atoms with Crippen molar-refractivity contribution < 1.29 is 27.9 Å². The minimum Gasteiger partial charge on any atom is -0.479 e. The number of fused-ring (bicyclic) bond motifs is 1. The molecule has 4 nitrogen and oxygen atoms in total. The van der Waals surface area contributed by atoms with E-state index < -0.39 is 30.5 Å². The van der Waals surface area contributed by atoms with E-state index in [9.17, 15) is 27.9 Å². The summed E-state index contributed by atoms with van der Waals surface area (Å²) in [6.07, 6.45) is -4.77. The summed E-state index contributed by atoms with van der Waals surface area (Å²) in [4.78, 5) is 25.9. The van der Waals surface area contributed by atoms with Gasteiger partial charge < -0.3 is 10.0 Å². The zero-order valence-corrected chi connectivity index (χ0v) is 14.4. The summed E-state index contributed by atoms with van der Waals surface area (Å²) in [7, 11) is 0. The number of carboxylic acids is 1. The van der Waals surface area contributed by atoms with Gasteiger partial charge in [0.1, 0.15) is 0 Å². The van der Waals surface area contributed by atoms with Crippen LogP contribution in [0.25, 0.3) is 0 Å². The highest BCUT2D eigenvalue weighted by Crippen LogP contribution is 2.31. The summed E-state index contributed by atoms with van der Waals surface area (Å²) >= 11 is 0. The van der Waals surface area contributed by atoms with Crippen LogP contribution in [0.4, 0.5) is 13.2 Å². The first-order valence-electron chi connectivity index (χ1n) is 8.53. The van der Waals surface area contributed by atoms with Gasteiger partial charge >= 0.3 is 12.1 Å². The molecule has 0 saturated heterocycles. The molecule has 27 heavy (non-hydrogen) atoms. The Morgan fingerprint density at radius 3 is 2.37 bits per heavy atom. The van der Waals surface area contributed by atoms with Crippen LogP contribution in [0.3, 0.4) is 0 Å².